The van der Waals surface area contributed by atoms with E-state index in [0.717, 1.165) is 25.7 Å². The van der Waals surface area contributed by atoms with Crippen molar-refractivity contribution >= 4 is 39.1 Å². The van der Waals surface area contributed by atoms with Crippen LogP contribution < -0.4 is 10.5 Å². The molecular formula is C14H21ClN2O2S2. The third kappa shape index (κ3) is 3.86. The Balaban J connectivity index is 2.18. The first kappa shape index (κ1) is 16.9. The Kier molecular flexibility index (Phi) is 5.46. The van der Waals surface area contributed by atoms with E-state index < -0.39 is 10.0 Å². The van der Waals surface area contributed by atoms with Gasteiger partial charge in [-0.2, -0.15) is 11.8 Å². The van der Waals surface area contributed by atoms with E-state index in [9.17, 15) is 8.42 Å². The van der Waals surface area contributed by atoms with Gasteiger partial charge in [-0.25, -0.2) is 13.1 Å². The maximum absolute atomic E-state index is 12.5. The van der Waals surface area contributed by atoms with Gasteiger partial charge in [0.15, 0.2) is 0 Å². The fourth-order valence-electron chi connectivity index (χ4n) is 2.76. The molecule has 0 bridgehead atoms. The summed E-state index contributed by atoms with van der Waals surface area (Å²) in [7, 11) is -3.69. The summed E-state index contributed by atoms with van der Waals surface area (Å²) in [5.74, 6) is 0. The monoisotopic (exact) mass is 348 g/mol. The number of rotatable bonds is 5. The van der Waals surface area contributed by atoms with Gasteiger partial charge in [0.2, 0.25) is 10.0 Å². The van der Waals surface area contributed by atoms with Crippen molar-refractivity contribution in [1.82, 2.24) is 4.72 Å². The zero-order chi connectivity index (χ0) is 15.5. The van der Waals surface area contributed by atoms with Crippen LogP contribution in [-0.4, -0.2) is 26.0 Å². The first-order chi connectivity index (χ1) is 9.90. The molecule has 0 unspecified atom stereocenters. The largest absolute Gasteiger partial charge is 0.398 e. The van der Waals surface area contributed by atoms with Gasteiger partial charge in [0.05, 0.1) is 10.7 Å². The maximum Gasteiger partial charge on any atom is 0.244 e. The number of anilines is 1. The highest BCUT2D eigenvalue weighted by Crippen LogP contribution is 2.38. The van der Waals surface area contributed by atoms with Crippen molar-refractivity contribution in [1.29, 1.82) is 0 Å². The van der Waals surface area contributed by atoms with Crippen molar-refractivity contribution in [3.05, 3.63) is 23.2 Å². The highest BCUT2D eigenvalue weighted by atomic mass is 35.5. The van der Waals surface area contributed by atoms with Crippen molar-refractivity contribution in [3.8, 4) is 0 Å². The van der Waals surface area contributed by atoms with E-state index in [0.29, 0.717) is 6.54 Å². The van der Waals surface area contributed by atoms with Crippen molar-refractivity contribution in [2.24, 2.45) is 0 Å². The van der Waals surface area contributed by atoms with Crippen molar-refractivity contribution in [2.45, 2.75) is 41.7 Å². The molecule has 0 aromatic heterocycles. The Morgan fingerprint density at radius 1 is 1.33 bits per heavy atom. The lowest BCUT2D eigenvalue weighted by molar-refractivity contribution is 0.395. The summed E-state index contributed by atoms with van der Waals surface area (Å²) in [6, 6.07) is 4.73. The molecule has 21 heavy (non-hydrogen) atoms. The van der Waals surface area contributed by atoms with E-state index in [1.165, 1.54) is 12.5 Å². The summed E-state index contributed by atoms with van der Waals surface area (Å²) >= 11 is 7.75. The predicted molar refractivity (Wildman–Crippen MR) is 90.4 cm³/mol. The first-order valence-corrected chi connectivity index (χ1v) is 10.1. The molecule has 3 N–H and O–H groups in total. The zero-order valence-electron chi connectivity index (χ0n) is 12.1. The molecule has 0 radical (unpaired) electrons. The van der Waals surface area contributed by atoms with Crippen LogP contribution in [0, 0.1) is 0 Å². The smallest absolute Gasteiger partial charge is 0.244 e. The molecule has 0 saturated heterocycles. The van der Waals surface area contributed by atoms with Gasteiger partial charge in [0.1, 0.15) is 4.90 Å². The second-order valence-corrected chi connectivity index (χ2v) is 8.82. The molecule has 1 fully saturated rings. The molecule has 1 saturated carbocycles. The van der Waals surface area contributed by atoms with Gasteiger partial charge in [-0.15, -0.1) is 0 Å². The molecule has 0 spiro atoms. The third-order valence-corrected chi connectivity index (χ3v) is 7.41. The molecule has 118 valence electrons. The summed E-state index contributed by atoms with van der Waals surface area (Å²) in [6.07, 6.45) is 7.65. The lowest BCUT2D eigenvalue weighted by atomic mass is 9.88. The topological polar surface area (TPSA) is 72.2 Å². The number of thioether (sulfide) groups is 1. The minimum Gasteiger partial charge on any atom is -0.398 e. The molecule has 0 heterocycles. The van der Waals surface area contributed by atoms with Crippen LogP contribution in [0.4, 0.5) is 5.69 Å². The summed E-state index contributed by atoms with van der Waals surface area (Å²) < 4.78 is 27.7. The average molecular weight is 349 g/mol. The van der Waals surface area contributed by atoms with Crippen molar-refractivity contribution in [3.63, 3.8) is 0 Å². The summed E-state index contributed by atoms with van der Waals surface area (Å²) in [6.45, 7) is 0.418. The summed E-state index contributed by atoms with van der Waals surface area (Å²) in [5.41, 5.74) is 5.95. The molecule has 2 rings (SSSR count). The Bertz CT molecular complexity index is 579. The lowest BCUT2D eigenvalue weighted by Crippen LogP contribution is -2.41. The molecular weight excluding hydrogens is 328 g/mol. The van der Waals surface area contributed by atoms with Gasteiger partial charge in [0, 0.05) is 11.3 Å². The Labute approximate surface area is 135 Å². The highest BCUT2D eigenvalue weighted by Gasteiger charge is 2.33. The van der Waals surface area contributed by atoms with Crippen LogP contribution >= 0.6 is 23.4 Å². The second-order valence-electron chi connectivity index (χ2n) is 5.43. The van der Waals surface area contributed by atoms with Crippen LogP contribution in [0.15, 0.2) is 23.1 Å². The number of hydrogen-bond acceptors (Lipinski definition) is 4. The van der Waals surface area contributed by atoms with Crippen LogP contribution in [0.1, 0.15) is 32.1 Å². The molecule has 1 aliphatic rings. The van der Waals surface area contributed by atoms with E-state index in [-0.39, 0.29) is 20.4 Å². The van der Waals surface area contributed by atoms with Crippen LogP contribution in [-0.2, 0) is 10.0 Å². The minimum absolute atomic E-state index is 0.0126. The van der Waals surface area contributed by atoms with Gasteiger partial charge in [-0.3, -0.25) is 0 Å². The number of nitrogen functional groups attached to an aromatic ring is 1. The summed E-state index contributed by atoms with van der Waals surface area (Å²) in [5, 5.41) is 0.157. The van der Waals surface area contributed by atoms with E-state index in [4.69, 9.17) is 17.3 Å². The zero-order valence-corrected chi connectivity index (χ0v) is 14.5. The number of nitrogens with one attached hydrogen (secondary N) is 1. The van der Waals surface area contributed by atoms with Crippen LogP contribution in [0.5, 0.6) is 0 Å². The quantitative estimate of drug-likeness (QED) is 0.801. The van der Waals surface area contributed by atoms with E-state index in [1.54, 1.807) is 23.9 Å². The predicted octanol–water partition coefficient (Wildman–Crippen LogP) is 3.27. The number of sulfonamides is 1. The fraction of sp³-hybridized carbons (Fsp3) is 0.571. The molecule has 4 nitrogen and oxygen atoms in total. The van der Waals surface area contributed by atoms with Gasteiger partial charge < -0.3 is 5.73 Å². The Hall–Kier alpha value is -0.430. The fourth-order valence-corrected chi connectivity index (χ4v) is 5.56. The Morgan fingerprint density at radius 2 is 2.00 bits per heavy atom. The van der Waals surface area contributed by atoms with E-state index in [2.05, 4.69) is 4.72 Å². The number of nitrogens with two attached hydrogens (primary N) is 1. The maximum atomic E-state index is 12.5. The second kappa shape index (κ2) is 6.77. The van der Waals surface area contributed by atoms with Crippen LogP contribution in [0.25, 0.3) is 0 Å². The minimum atomic E-state index is -3.69. The van der Waals surface area contributed by atoms with Crippen molar-refractivity contribution in [2.75, 3.05) is 18.5 Å². The van der Waals surface area contributed by atoms with Crippen molar-refractivity contribution < 1.29 is 8.42 Å². The van der Waals surface area contributed by atoms with Gasteiger partial charge >= 0.3 is 0 Å². The number of benzene rings is 1. The molecule has 1 aromatic rings. The SMILES string of the molecule is CSC1(CNS(=O)(=O)c2c(N)cccc2Cl)CCCCC1. The standard InChI is InChI=1S/C14H21ClN2O2S2/c1-20-14(8-3-2-4-9-14)10-17-21(18,19)13-11(15)6-5-7-12(13)16/h5-7,17H,2-4,8-10,16H2,1H3. The molecule has 7 heteroatoms. The van der Waals surface area contributed by atoms with Gasteiger partial charge in [-0.1, -0.05) is 36.9 Å². The molecule has 1 aromatic carbocycles. The first-order valence-electron chi connectivity index (χ1n) is 6.99. The molecule has 0 amide bonds. The van der Waals surface area contributed by atoms with Crippen LogP contribution in [0.3, 0.4) is 0 Å². The molecule has 0 atom stereocenters. The van der Waals surface area contributed by atoms with Gasteiger partial charge in [0.25, 0.3) is 0 Å². The third-order valence-electron chi connectivity index (χ3n) is 4.05. The normalized spacial score (nSPS) is 18.6. The van der Waals surface area contributed by atoms with Crippen LogP contribution in [0.2, 0.25) is 5.02 Å². The Morgan fingerprint density at radius 3 is 2.57 bits per heavy atom. The lowest BCUT2D eigenvalue weighted by Gasteiger charge is -2.35. The highest BCUT2D eigenvalue weighted by molar-refractivity contribution is 8.00. The van der Waals surface area contributed by atoms with E-state index in [1.807, 2.05) is 6.26 Å². The molecule has 1 aliphatic carbocycles. The number of halogens is 1. The number of hydrogen-bond donors (Lipinski definition) is 2. The van der Waals surface area contributed by atoms with E-state index >= 15 is 0 Å². The van der Waals surface area contributed by atoms with Gasteiger partial charge in [-0.05, 0) is 31.2 Å². The average Bonchev–Trinajstić information content (AvgIpc) is 2.46. The summed E-state index contributed by atoms with van der Waals surface area (Å²) in [4.78, 5) is -0.0151. The molecule has 0 aliphatic heterocycles.